The lowest BCUT2D eigenvalue weighted by atomic mass is 10.1. The molecular weight excluding hydrogens is 521 g/mol. The highest BCUT2D eigenvalue weighted by Gasteiger charge is 2.20. The van der Waals surface area contributed by atoms with Crippen LogP contribution < -0.4 is 15.4 Å². The van der Waals surface area contributed by atoms with Crippen LogP contribution in [0.5, 0.6) is 5.75 Å². The molecule has 1 aliphatic heterocycles. The van der Waals surface area contributed by atoms with Gasteiger partial charge in [-0.15, -0.1) is 0 Å². The molecule has 2 aromatic carbocycles. The number of carbonyl (C=O) groups is 1. The summed E-state index contributed by atoms with van der Waals surface area (Å²) in [6.45, 7) is 8.17. The number of rotatable bonds is 8. The molecule has 0 spiro atoms. The fourth-order valence-corrected chi connectivity index (χ4v) is 3.71. The van der Waals surface area contributed by atoms with Crippen molar-refractivity contribution in [3.05, 3.63) is 65.1 Å². The van der Waals surface area contributed by atoms with Crippen molar-refractivity contribution in [3.63, 3.8) is 0 Å². The van der Waals surface area contributed by atoms with Crippen LogP contribution in [0.3, 0.4) is 0 Å². The first kappa shape index (κ1) is 31.5. The number of nitrogens with zero attached hydrogens (tertiary/aromatic N) is 3. The zero-order valence-corrected chi connectivity index (χ0v) is 23.7. The van der Waals surface area contributed by atoms with Crippen molar-refractivity contribution in [3.8, 4) is 11.8 Å². The number of anilines is 3. The monoisotopic (exact) mass is 555 g/mol. The second-order valence-corrected chi connectivity index (χ2v) is 8.88. The molecule has 0 bridgehead atoms. The zero-order chi connectivity index (χ0) is 28.8. The molecule has 4 rings (SSSR count). The Morgan fingerprint density at radius 1 is 1.31 bits per heavy atom. The Morgan fingerprint density at radius 3 is 2.64 bits per heavy atom. The van der Waals surface area contributed by atoms with E-state index >= 15 is 0 Å². The van der Waals surface area contributed by atoms with Gasteiger partial charge in [0, 0.05) is 36.3 Å². The minimum absolute atomic E-state index is 0.0466. The Kier molecular flexibility index (Phi) is 13.2. The molecule has 1 fully saturated rings. The summed E-state index contributed by atoms with van der Waals surface area (Å²) in [5, 5.41) is 15.8. The fraction of sp³-hybridized carbons (Fsp3) is 0.345. The van der Waals surface area contributed by atoms with E-state index in [-0.39, 0.29) is 16.7 Å². The number of carbonyl (C=O) groups excluding carboxylic acids is 1. The van der Waals surface area contributed by atoms with Crippen LogP contribution in [0.2, 0.25) is 5.02 Å². The van der Waals surface area contributed by atoms with Gasteiger partial charge in [0.1, 0.15) is 23.7 Å². The number of likely N-dealkylation sites (N-methyl/N-ethyl adjacent to an activating group) is 1. The maximum Gasteiger partial charge on any atom is 0.211 e. The van der Waals surface area contributed by atoms with E-state index in [9.17, 15) is 14.4 Å². The summed E-state index contributed by atoms with van der Waals surface area (Å²) in [4.78, 5) is 17.6. The minimum atomic E-state index is -0.544. The average molecular weight is 556 g/mol. The standard InChI is InChI=1S/C21H16ClFN4O3.C6H13N.C2H6/c22-16-5-13(1-2-17(16)23)27-21-12(8-24)9-25-18-7-20(30-14-3-4-29-10-14)19(26-11-28)6-15(18)21;1-4-5-6-7(2)3;1-2/h1-2,5-7,9,11,14H,3-4,10H2,(H,25,27)(H,26,28);4-5H,6H2,1-3H3;1-2H3/b;5-4+;/t14-;;/m0../s1. The molecule has 8 nitrogen and oxygen atoms in total. The van der Waals surface area contributed by atoms with Gasteiger partial charge in [-0.2, -0.15) is 5.26 Å². The predicted molar refractivity (Wildman–Crippen MR) is 155 cm³/mol. The summed E-state index contributed by atoms with van der Waals surface area (Å²) in [5.41, 5.74) is 2.21. The zero-order valence-electron chi connectivity index (χ0n) is 22.9. The predicted octanol–water partition coefficient (Wildman–Crippen LogP) is 6.53. The number of ether oxygens (including phenoxy) is 2. The van der Waals surface area contributed by atoms with Crippen LogP contribution in [-0.4, -0.2) is 56.3 Å². The van der Waals surface area contributed by atoms with E-state index in [4.69, 9.17) is 21.1 Å². The highest BCUT2D eigenvalue weighted by molar-refractivity contribution is 6.31. The van der Waals surface area contributed by atoms with Crippen molar-refractivity contribution >= 4 is 46.0 Å². The molecule has 2 heterocycles. The van der Waals surface area contributed by atoms with Crippen LogP contribution in [0.1, 0.15) is 32.8 Å². The third-order valence-electron chi connectivity index (χ3n) is 5.38. The van der Waals surface area contributed by atoms with Gasteiger partial charge < -0.3 is 25.0 Å². The summed E-state index contributed by atoms with van der Waals surface area (Å²) in [7, 11) is 4.11. The summed E-state index contributed by atoms with van der Waals surface area (Å²) in [6, 6.07) is 9.63. The number of allylic oxidation sites excluding steroid dienone is 1. The Morgan fingerprint density at radius 2 is 2.08 bits per heavy atom. The van der Waals surface area contributed by atoms with Crippen LogP contribution in [0, 0.1) is 17.1 Å². The lowest BCUT2D eigenvalue weighted by Gasteiger charge is -2.18. The van der Waals surface area contributed by atoms with Crippen molar-refractivity contribution in [2.24, 2.45) is 0 Å². The van der Waals surface area contributed by atoms with Crippen LogP contribution >= 0.6 is 11.6 Å². The molecule has 1 atom stereocenters. The number of fused-ring (bicyclic) bond motifs is 1. The Labute approximate surface area is 234 Å². The number of benzene rings is 2. The van der Waals surface area contributed by atoms with E-state index in [1.54, 1.807) is 12.1 Å². The molecule has 1 saturated heterocycles. The van der Waals surface area contributed by atoms with Crippen LogP contribution in [0.15, 0.2) is 48.7 Å². The number of halogens is 2. The van der Waals surface area contributed by atoms with Crippen LogP contribution in [0.25, 0.3) is 10.9 Å². The third-order valence-corrected chi connectivity index (χ3v) is 5.67. The average Bonchev–Trinajstić information content (AvgIpc) is 3.45. The van der Waals surface area contributed by atoms with Crippen molar-refractivity contribution < 1.29 is 18.7 Å². The number of amides is 1. The maximum atomic E-state index is 13.5. The summed E-state index contributed by atoms with van der Waals surface area (Å²) in [6.07, 6.45) is 6.79. The van der Waals surface area contributed by atoms with Gasteiger partial charge in [0.05, 0.1) is 40.7 Å². The van der Waals surface area contributed by atoms with Gasteiger partial charge in [0.25, 0.3) is 0 Å². The Balaban J connectivity index is 0.000000517. The van der Waals surface area contributed by atoms with E-state index in [0.717, 1.165) is 13.0 Å². The lowest BCUT2D eigenvalue weighted by Crippen LogP contribution is -2.16. The molecule has 208 valence electrons. The molecule has 39 heavy (non-hydrogen) atoms. The van der Waals surface area contributed by atoms with Crippen molar-refractivity contribution in [1.29, 1.82) is 5.26 Å². The highest BCUT2D eigenvalue weighted by Crippen LogP contribution is 2.37. The molecule has 10 heteroatoms. The first-order valence-corrected chi connectivity index (χ1v) is 13.0. The first-order chi connectivity index (χ1) is 18.9. The van der Waals surface area contributed by atoms with Gasteiger partial charge in [-0.1, -0.05) is 37.6 Å². The van der Waals surface area contributed by atoms with Gasteiger partial charge in [-0.25, -0.2) is 4.39 Å². The number of pyridine rings is 1. The number of nitriles is 1. The van der Waals surface area contributed by atoms with Crippen LogP contribution in [-0.2, 0) is 9.53 Å². The summed E-state index contributed by atoms with van der Waals surface area (Å²) in [5.74, 6) is -0.0875. The summed E-state index contributed by atoms with van der Waals surface area (Å²) < 4.78 is 24.8. The van der Waals surface area contributed by atoms with E-state index in [1.807, 2.05) is 20.8 Å². The Bertz CT molecular complexity index is 1300. The second kappa shape index (κ2) is 16.3. The van der Waals surface area contributed by atoms with Gasteiger partial charge in [-0.3, -0.25) is 9.78 Å². The van der Waals surface area contributed by atoms with E-state index in [0.29, 0.717) is 53.3 Å². The van der Waals surface area contributed by atoms with Gasteiger partial charge in [0.2, 0.25) is 6.41 Å². The number of hydrogen-bond donors (Lipinski definition) is 2. The van der Waals surface area contributed by atoms with Gasteiger partial charge >= 0.3 is 0 Å². The second-order valence-electron chi connectivity index (χ2n) is 8.47. The quantitative estimate of drug-likeness (QED) is 0.241. The topological polar surface area (TPSA) is 99.5 Å². The largest absolute Gasteiger partial charge is 0.486 e. The van der Waals surface area contributed by atoms with Crippen molar-refractivity contribution in [2.45, 2.75) is 33.3 Å². The minimum Gasteiger partial charge on any atom is -0.486 e. The number of hydrogen-bond acceptors (Lipinski definition) is 7. The van der Waals surface area contributed by atoms with Gasteiger partial charge in [-0.05, 0) is 45.3 Å². The molecular formula is C29H35ClFN5O3. The normalized spacial score (nSPS) is 14.2. The molecule has 3 aromatic rings. The lowest BCUT2D eigenvalue weighted by molar-refractivity contribution is -0.105. The molecule has 1 aromatic heterocycles. The Hall–Kier alpha value is -3.71. The van der Waals surface area contributed by atoms with Gasteiger partial charge in [0.15, 0.2) is 0 Å². The maximum absolute atomic E-state index is 13.5. The van der Waals surface area contributed by atoms with E-state index < -0.39 is 5.82 Å². The van der Waals surface area contributed by atoms with Crippen molar-refractivity contribution in [2.75, 3.05) is 44.5 Å². The fourth-order valence-electron chi connectivity index (χ4n) is 3.53. The molecule has 0 radical (unpaired) electrons. The van der Waals surface area contributed by atoms with Crippen LogP contribution in [0.4, 0.5) is 21.5 Å². The van der Waals surface area contributed by atoms with E-state index in [1.165, 1.54) is 24.4 Å². The molecule has 0 saturated carbocycles. The summed E-state index contributed by atoms with van der Waals surface area (Å²) >= 11 is 5.87. The molecule has 0 unspecified atom stereocenters. The number of nitrogens with one attached hydrogen (secondary N) is 2. The smallest absolute Gasteiger partial charge is 0.211 e. The third kappa shape index (κ3) is 9.21. The highest BCUT2D eigenvalue weighted by atomic mass is 35.5. The molecule has 0 aliphatic carbocycles. The molecule has 2 N–H and O–H groups in total. The SMILES string of the molecule is C/C=C/CN(C)C.CC.N#Cc1cnc2cc(O[C@H]3CCOC3)c(NC=O)cc2c1Nc1ccc(F)c(Cl)c1. The molecule has 1 aliphatic rings. The van der Waals surface area contributed by atoms with Crippen molar-refractivity contribution in [1.82, 2.24) is 9.88 Å². The van der Waals surface area contributed by atoms with E-state index in [2.05, 4.69) is 52.8 Å². The molecule has 1 amide bonds. The first-order valence-electron chi connectivity index (χ1n) is 12.7. The number of aromatic nitrogens is 1.